The van der Waals surface area contributed by atoms with Crippen molar-refractivity contribution in [3.63, 3.8) is 0 Å². The first kappa shape index (κ1) is 31.5. The number of benzene rings is 2. The smallest absolute Gasteiger partial charge is 0.399 e. The van der Waals surface area contributed by atoms with Crippen molar-refractivity contribution < 1.29 is 22.5 Å². The fourth-order valence-corrected chi connectivity index (χ4v) is 7.36. The van der Waals surface area contributed by atoms with Gasteiger partial charge in [0, 0.05) is 50.9 Å². The van der Waals surface area contributed by atoms with E-state index in [4.69, 9.17) is 9.31 Å². The minimum atomic E-state index is -3.31. The summed E-state index contributed by atoms with van der Waals surface area (Å²) in [6, 6.07) is 18.5. The number of amides is 1. The Kier molecular flexibility index (Phi) is 7.97. The molecule has 3 aliphatic heterocycles. The van der Waals surface area contributed by atoms with Gasteiger partial charge >= 0.3 is 7.12 Å². The van der Waals surface area contributed by atoms with E-state index in [9.17, 15) is 18.5 Å². The monoisotopic (exact) mass is 629 g/mol. The summed E-state index contributed by atoms with van der Waals surface area (Å²) in [4.78, 5) is 22.4. The van der Waals surface area contributed by atoms with Gasteiger partial charge < -0.3 is 19.1 Å². The van der Waals surface area contributed by atoms with Crippen LogP contribution in [0.3, 0.4) is 0 Å². The highest BCUT2D eigenvalue weighted by atomic mass is 32.2. The maximum atomic E-state index is 13.9. The van der Waals surface area contributed by atoms with Gasteiger partial charge in [0.1, 0.15) is 0 Å². The second kappa shape index (κ2) is 11.4. The molecule has 0 bridgehead atoms. The number of piperidine rings is 1. The van der Waals surface area contributed by atoms with Crippen molar-refractivity contribution >= 4 is 45.1 Å². The van der Waals surface area contributed by atoms with Crippen molar-refractivity contribution in [2.75, 3.05) is 50.4 Å². The number of pyridine rings is 1. The van der Waals surface area contributed by atoms with Crippen molar-refractivity contribution in [3.8, 4) is 6.07 Å². The van der Waals surface area contributed by atoms with E-state index in [1.165, 1.54) is 10.6 Å². The Hall–Kier alpha value is -3.50. The number of sulfonamides is 1. The number of rotatable bonds is 5. The summed E-state index contributed by atoms with van der Waals surface area (Å²) >= 11 is 0. The Morgan fingerprint density at radius 2 is 1.51 bits per heavy atom. The number of carbonyl (C=O) groups is 1. The van der Waals surface area contributed by atoms with Crippen LogP contribution in [0, 0.1) is 11.3 Å². The van der Waals surface area contributed by atoms with Crippen molar-refractivity contribution in [2.24, 2.45) is 0 Å². The number of carbonyl (C=O) groups excluding carboxylic acids is 1. The number of fused-ring (bicyclic) bond motifs is 1. The van der Waals surface area contributed by atoms with Gasteiger partial charge in [0.05, 0.1) is 45.7 Å². The lowest BCUT2D eigenvalue weighted by Gasteiger charge is -2.40. The standard InChI is InChI=1S/C33H40BN5O5S/c1-31(2)32(3,4)44-34(43-31)25-12-10-24(11-13-25)33(23-35)14-16-37(17-15-33)29-26-8-6-7-9-28(26)36-22-27(29)30(40)38-18-20-39(21-19-38)45(5,41)42/h6-13,22H,14-21H2,1-5H3. The van der Waals surface area contributed by atoms with E-state index < -0.39 is 33.8 Å². The summed E-state index contributed by atoms with van der Waals surface area (Å²) in [5, 5.41) is 11.4. The Morgan fingerprint density at radius 3 is 2.09 bits per heavy atom. The minimum Gasteiger partial charge on any atom is -0.399 e. The molecule has 236 valence electrons. The van der Waals surface area contributed by atoms with Crippen LogP contribution in [0.25, 0.3) is 10.9 Å². The highest BCUT2D eigenvalue weighted by Crippen LogP contribution is 2.40. The third-order valence-corrected chi connectivity index (χ3v) is 11.4. The van der Waals surface area contributed by atoms with E-state index in [2.05, 4.69) is 16.0 Å². The van der Waals surface area contributed by atoms with Crippen LogP contribution in [-0.2, 0) is 24.7 Å². The Balaban J connectivity index is 1.23. The van der Waals surface area contributed by atoms with Crippen molar-refractivity contribution in [1.82, 2.24) is 14.2 Å². The van der Waals surface area contributed by atoms with Crippen LogP contribution < -0.4 is 10.4 Å². The van der Waals surface area contributed by atoms with Crippen LogP contribution in [0.1, 0.15) is 56.5 Å². The summed E-state index contributed by atoms with van der Waals surface area (Å²) in [7, 11) is -3.77. The van der Waals surface area contributed by atoms with Crippen LogP contribution in [0.2, 0.25) is 0 Å². The molecule has 1 amide bonds. The summed E-state index contributed by atoms with van der Waals surface area (Å²) in [5.74, 6) is -0.160. The fourth-order valence-electron chi connectivity index (χ4n) is 6.53. The summed E-state index contributed by atoms with van der Waals surface area (Å²) in [6.07, 6.45) is 4.03. The fraction of sp³-hybridized carbons (Fsp3) is 0.485. The van der Waals surface area contributed by atoms with Gasteiger partial charge in [0.2, 0.25) is 10.0 Å². The molecule has 0 spiro atoms. The first-order valence-electron chi connectivity index (χ1n) is 15.5. The number of nitriles is 1. The zero-order chi connectivity index (χ0) is 32.2. The molecule has 3 aliphatic rings. The average Bonchev–Trinajstić information content (AvgIpc) is 3.26. The quantitative estimate of drug-likeness (QED) is 0.395. The highest BCUT2D eigenvalue weighted by Gasteiger charge is 2.51. The first-order chi connectivity index (χ1) is 21.2. The van der Waals surface area contributed by atoms with Gasteiger partial charge in [0.15, 0.2) is 0 Å². The summed E-state index contributed by atoms with van der Waals surface area (Å²) in [6.45, 7) is 10.5. The predicted molar refractivity (Wildman–Crippen MR) is 175 cm³/mol. The molecule has 3 aromatic rings. The van der Waals surface area contributed by atoms with E-state index in [0.29, 0.717) is 44.6 Å². The minimum absolute atomic E-state index is 0.160. The molecule has 3 saturated heterocycles. The number of aromatic nitrogens is 1. The predicted octanol–water partition coefficient (Wildman–Crippen LogP) is 3.31. The number of piperazine rings is 1. The third-order valence-electron chi connectivity index (χ3n) is 10.1. The molecule has 45 heavy (non-hydrogen) atoms. The van der Waals surface area contributed by atoms with Gasteiger partial charge in [-0.15, -0.1) is 0 Å². The lowest BCUT2D eigenvalue weighted by Crippen LogP contribution is -2.50. The molecule has 4 heterocycles. The van der Waals surface area contributed by atoms with Crippen molar-refractivity contribution in [2.45, 2.75) is 57.2 Å². The van der Waals surface area contributed by atoms with Gasteiger partial charge in [-0.3, -0.25) is 9.78 Å². The van der Waals surface area contributed by atoms with Crippen molar-refractivity contribution in [3.05, 3.63) is 65.9 Å². The molecule has 0 radical (unpaired) electrons. The Labute approximate surface area is 266 Å². The number of hydrogen-bond donors (Lipinski definition) is 0. The SMILES string of the molecule is CC1(C)OB(c2ccc(C3(C#N)CCN(c4c(C(=O)N5CCN(S(C)(=O)=O)CC5)cnc5ccccc45)CC3)cc2)OC1(C)C. The topological polar surface area (TPSA) is 116 Å². The Morgan fingerprint density at radius 1 is 0.911 bits per heavy atom. The maximum absolute atomic E-state index is 13.9. The van der Waals surface area contributed by atoms with Gasteiger partial charge in [0.25, 0.3) is 5.91 Å². The number of anilines is 1. The molecule has 0 unspecified atom stereocenters. The molecule has 1 aromatic heterocycles. The zero-order valence-electron chi connectivity index (χ0n) is 26.6. The molecule has 0 N–H and O–H groups in total. The second-order valence-electron chi connectivity index (χ2n) is 13.4. The van der Waals surface area contributed by atoms with Crippen LogP contribution in [0.15, 0.2) is 54.7 Å². The van der Waals surface area contributed by atoms with E-state index in [-0.39, 0.29) is 19.0 Å². The molecule has 0 aliphatic carbocycles. The highest BCUT2D eigenvalue weighted by molar-refractivity contribution is 7.88. The molecule has 0 saturated carbocycles. The van der Waals surface area contributed by atoms with E-state index in [1.807, 2.05) is 76.2 Å². The molecule has 3 fully saturated rings. The van der Waals surface area contributed by atoms with Crippen LogP contribution in [0.4, 0.5) is 5.69 Å². The van der Waals surface area contributed by atoms with E-state index in [1.54, 1.807) is 11.1 Å². The van der Waals surface area contributed by atoms with Gasteiger partial charge in [-0.05, 0) is 57.6 Å². The molecular formula is C33H40BN5O5S. The lowest BCUT2D eigenvalue weighted by atomic mass is 9.71. The summed E-state index contributed by atoms with van der Waals surface area (Å²) in [5.41, 5.74) is 2.46. The summed E-state index contributed by atoms with van der Waals surface area (Å²) < 4.78 is 37.9. The lowest BCUT2D eigenvalue weighted by molar-refractivity contribution is 0.00578. The van der Waals surface area contributed by atoms with E-state index in [0.717, 1.165) is 27.6 Å². The van der Waals surface area contributed by atoms with Crippen LogP contribution in [-0.4, -0.2) is 92.4 Å². The molecule has 10 nitrogen and oxygen atoms in total. The zero-order valence-corrected chi connectivity index (χ0v) is 27.4. The van der Waals surface area contributed by atoms with Crippen LogP contribution in [0.5, 0.6) is 0 Å². The average molecular weight is 630 g/mol. The molecule has 0 atom stereocenters. The van der Waals surface area contributed by atoms with Crippen LogP contribution >= 0.6 is 0 Å². The van der Waals surface area contributed by atoms with E-state index >= 15 is 0 Å². The normalized spacial score (nSPS) is 21.6. The van der Waals surface area contributed by atoms with Gasteiger partial charge in [-0.2, -0.15) is 9.57 Å². The molecular weight excluding hydrogens is 589 g/mol. The molecule has 2 aromatic carbocycles. The number of hydrogen-bond acceptors (Lipinski definition) is 8. The first-order valence-corrected chi connectivity index (χ1v) is 17.3. The van der Waals surface area contributed by atoms with Gasteiger partial charge in [-0.1, -0.05) is 42.5 Å². The number of para-hydroxylation sites is 1. The van der Waals surface area contributed by atoms with Crippen molar-refractivity contribution in [1.29, 1.82) is 5.26 Å². The molecule has 6 rings (SSSR count). The maximum Gasteiger partial charge on any atom is 0.494 e. The van der Waals surface area contributed by atoms with Gasteiger partial charge in [-0.25, -0.2) is 8.42 Å². The second-order valence-corrected chi connectivity index (χ2v) is 15.4. The largest absolute Gasteiger partial charge is 0.494 e. The molecule has 12 heteroatoms. The third kappa shape index (κ3) is 5.72. The number of nitrogens with zero attached hydrogens (tertiary/aromatic N) is 5. The Bertz CT molecular complexity index is 1740.